The molecule has 0 aliphatic rings. The zero-order valence-corrected chi connectivity index (χ0v) is 18.2. The summed E-state index contributed by atoms with van der Waals surface area (Å²) in [5.74, 6) is 0.596. The second kappa shape index (κ2) is 12.4. The average Bonchev–Trinajstić information content (AvgIpc) is 2.75. The van der Waals surface area contributed by atoms with Crippen molar-refractivity contribution in [3.63, 3.8) is 0 Å². The molecule has 7 nitrogen and oxygen atoms in total. The lowest BCUT2D eigenvalue weighted by Crippen LogP contribution is -2.06. The number of carboxylic acid groups (broad SMARTS) is 1. The molecule has 0 fully saturated rings. The number of hydrogen-bond donors (Lipinski definition) is 2. The van der Waals surface area contributed by atoms with Gasteiger partial charge in [0.15, 0.2) is 11.5 Å². The monoisotopic (exact) mass is 430 g/mol. The van der Waals surface area contributed by atoms with E-state index < -0.39 is 5.97 Å². The molecule has 2 rings (SSSR count). The van der Waals surface area contributed by atoms with Gasteiger partial charge in [-0.05, 0) is 48.7 Å². The molecule has 2 aromatic carbocycles. The fourth-order valence-corrected chi connectivity index (χ4v) is 2.86. The van der Waals surface area contributed by atoms with Crippen molar-refractivity contribution in [2.24, 2.45) is 0 Å². The number of rotatable bonds is 13. The van der Waals surface area contributed by atoms with E-state index >= 15 is 0 Å². The highest BCUT2D eigenvalue weighted by molar-refractivity contribution is 5.90. The summed E-state index contributed by atoms with van der Waals surface area (Å²) in [6.07, 6.45) is 3.92. The molecule has 0 atom stereocenters. The summed E-state index contributed by atoms with van der Waals surface area (Å²) in [6.45, 7) is 4.98. The van der Waals surface area contributed by atoms with Gasteiger partial charge in [-0.1, -0.05) is 25.5 Å². The summed E-state index contributed by atoms with van der Waals surface area (Å²) in [5, 5.41) is 18.9. The van der Waals surface area contributed by atoms with E-state index in [4.69, 9.17) is 18.9 Å². The van der Waals surface area contributed by atoms with Crippen LogP contribution in [0.5, 0.6) is 23.0 Å². The number of ether oxygens (including phenoxy) is 4. The van der Waals surface area contributed by atoms with Crippen LogP contribution in [-0.4, -0.2) is 43.1 Å². The molecular formula is C24H30O7. The van der Waals surface area contributed by atoms with Gasteiger partial charge in [0.25, 0.3) is 0 Å². The Bertz CT molecular complexity index is 889. The van der Waals surface area contributed by atoms with Crippen molar-refractivity contribution in [1.82, 2.24) is 0 Å². The number of benzene rings is 2. The number of hydrogen-bond acceptors (Lipinski definition) is 6. The summed E-state index contributed by atoms with van der Waals surface area (Å²) >= 11 is 0. The van der Waals surface area contributed by atoms with E-state index in [1.165, 1.54) is 6.08 Å². The van der Waals surface area contributed by atoms with Gasteiger partial charge in [0.05, 0.1) is 26.9 Å². The first kappa shape index (κ1) is 23.9. The topological polar surface area (TPSA) is 94.5 Å². The summed E-state index contributed by atoms with van der Waals surface area (Å²) in [5.41, 5.74) is 1.56. The van der Waals surface area contributed by atoms with Crippen LogP contribution >= 0.6 is 0 Å². The Morgan fingerprint density at radius 2 is 1.77 bits per heavy atom. The summed E-state index contributed by atoms with van der Waals surface area (Å²) in [4.78, 5) is 11.3. The number of phenols is 1. The van der Waals surface area contributed by atoms with Crippen molar-refractivity contribution >= 4 is 12.0 Å². The molecule has 0 saturated carbocycles. The van der Waals surface area contributed by atoms with E-state index in [9.17, 15) is 15.0 Å². The normalized spacial score (nSPS) is 11.1. The van der Waals surface area contributed by atoms with Crippen molar-refractivity contribution in [1.29, 1.82) is 0 Å². The van der Waals surface area contributed by atoms with E-state index in [0.29, 0.717) is 42.4 Å². The molecule has 168 valence electrons. The fraction of sp³-hybridized carbons (Fsp3) is 0.375. The molecule has 0 saturated heterocycles. The number of unbranched alkanes of at least 4 members (excludes halogenated alkanes) is 1. The Kier molecular flexibility index (Phi) is 9.55. The van der Waals surface area contributed by atoms with Gasteiger partial charge in [0.2, 0.25) is 5.76 Å². The molecule has 0 amide bonds. The van der Waals surface area contributed by atoms with Crippen LogP contribution in [0, 0.1) is 0 Å². The predicted octanol–water partition coefficient (Wildman–Crippen LogP) is 4.66. The van der Waals surface area contributed by atoms with Gasteiger partial charge in [-0.25, -0.2) is 4.79 Å². The average molecular weight is 430 g/mol. The molecule has 0 aliphatic carbocycles. The van der Waals surface area contributed by atoms with Gasteiger partial charge in [-0.3, -0.25) is 0 Å². The number of methoxy groups -OCH3 is 1. The summed E-state index contributed by atoms with van der Waals surface area (Å²) in [7, 11) is 1.55. The summed E-state index contributed by atoms with van der Waals surface area (Å²) in [6, 6.07) is 10.2. The molecule has 7 heteroatoms. The Morgan fingerprint density at radius 3 is 2.45 bits per heavy atom. The predicted molar refractivity (Wildman–Crippen MR) is 118 cm³/mol. The molecular weight excluding hydrogens is 400 g/mol. The lowest BCUT2D eigenvalue weighted by atomic mass is 10.1. The highest BCUT2D eigenvalue weighted by Crippen LogP contribution is 2.31. The quantitative estimate of drug-likeness (QED) is 0.271. The van der Waals surface area contributed by atoms with E-state index in [0.717, 1.165) is 18.4 Å². The van der Waals surface area contributed by atoms with E-state index in [-0.39, 0.29) is 18.1 Å². The zero-order chi connectivity index (χ0) is 22.6. The maximum absolute atomic E-state index is 11.3. The minimum atomic E-state index is -1.13. The third-order valence-corrected chi connectivity index (χ3v) is 4.43. The molecule has 2 N–H and O–H groups in total. The number of phenolic OH excluding ortho intramolecular Hbond substituents is 1. The lowest BCUT2D eigenvalue weighted by Gasteiger charge is -2.15. The zero-order valence-electron chi connectivity index (χ0n) is 18.2. The van der Waals surface area contributed by atoms with Gasteiger partial charge in [-0.15, -0.1) is 0 Å². The summed E-state index contributed by atoms with van der Waals surface area (Å²) < 4.78 is 22.3. The van der Waals surface area contributed by atoms with Crippen molar-refractivity contribution in [3.8, 4) is 23.0 Å². The first-order valence-electron chi connectivity index (χ1n) is 10.3. The van der Waals surface area contributed by atoms with Crippen molar-refractivity contribution < 1.29 is 34.0 Å². The van der Waals surface area contributed by atoms with Gasteiger partial charge in [-0.2, -0.15) is 0 Å². The second-order valence-electron chi connectivity index (χ2n) is 6.75. The van der Waals surface area contributed by atoms with Crippen LogP contribution in [0.2, 0.25) is 0 Å². The molecule has 0 spiro atoms. The smallest absolute Gasteiger partial charge is 0.371 e. The van der Waals surface area contributed by atoms with E-state index in [1.807, 2.05) is 0 Å². The standard InChI is InChI=1S/C24H30O7/c1-4-6-12-30-22-14-17(15-23(24(26)27)29-5-2)7-10-20(22)31-13-11-18-8-9-19(25)16-21(18)28-3/h7-10,14-16,25H,4-6,11-13H2,1-3H3,(H,26,27)/b23-15-. The highest BCUT2D eigenvalue weighted by atomic mass is 16.5. The van der Waals surface area contributed by atoms with Gasteiger partial charge >= 0.3 is 5.97 Å². The highest BCUT2D eigenvalue weighted by Gasteiger charge is 2.12. The van der Waals surface area contributed by atoms with Crippen LogP contribution < -0.4 is 14.2 Å². The van der Waals surface area contributed by atoms with Crippen LogP contribution in [0.15, 0.2) is 42.2 Å². The van der Waals surface area contributed by atoms with Crippen molar-refractivity contribution in [2.45, 2.75) is 33.1 Å². The molecule has 0 unspecified atom stereocenters. The third-order valence-electron chi connectivity index (χ3n) is 4.43. The van der Waals surface area contributed by atoms with Crippen molar-refractivity contribution in [2.75, 3.05) is 26.9 Å². The fourth-order valence-electron chi connectivity index (χ4n) is 2.86. The molecule has 0 radical (unpaired) electrons. The minimum Gasteiger partial charge on any atom is -0.508 e. The van der Waals surface area contributed by atoms with E-state index in [1.54, 1.807) is 50.4 Å². The maximum atomic E-state index is 11.3. The number of aromatic hydroxyl groups is 1. The minimum absolute atomic E-state index is 0.130. The Labute approximate surface area is 182 Å². The molecule has 0 aromatic heterocycles. The number of carboxylic acids is 1. The first-order valence-corrected chi connectivity index (χ1v) is 10.3. The van der Waals surface area contributed by atoms with Gasteiger partial charge in [0.1, 0.15) is 11.5 Å². The SMILES string of the molecule is CCCCOc1cc(/C=C(\OCC)C(=O)O)ccc1OCCc1ccc(O)cc1OC. The van der Waals surface area contributed by atoms with Gasteiger partial charge in [0, 0.05) is 12.5 Å². The van der Waals surface area contributed by atoms with Gasteiger partial charge < -0.3 is 29.2 Å². The number of carbonyl (C=O) groups is 1. The number of aliphatic carboxylic acids is 1. The molecule has 31 heavy (non-hydrogen) atoms. The third kappa shape index (κ3) is 7.44. The molecule has 2 aromatic rings. The Morgan fingerprint density at radius 1 is 1.00 bits per heavy atom. The Balaban J connectivity index is 2.17. The van der Waals surface area contributed by atoms with Crippen LogP contribution in [0.4, 0.5) is 0 Å². The molecule has 0 bridgehead atoms. The van der Waals surface area contributed by atoms with Crippen LogP contribution in [0.25, 0.3) is 6.08 Å². The largest absolute Gasteiger partial charge is 0.508 e. The van der Waals surface area contributed by atoms with Crippen molar-refractivity contribution in [3.05, 3.63) is 53.3 Å². The van der Waals surface area contributed by atoms with Crippen LogP contribution in [0.3, 0.4) is 0 Å². The van der Waals surface area contributed by atoms with Crippen LogP contribution in [-0.2, 0) is 16.0 Å². The Hall–Kier alpha value is -3.35. The lowest BCUT2D eigenvalue weighted by molar-refractivity contribution is -0.136. The maximum Gasteiger partial charge on any atom is 0.371 e. The van der Waals surface area contributed by atoms with E-state index in [2.05, 4.69) is 6.92 Å². The van der Waals surface area contributed by atoms with Crippen LogP contribution in [0.1, 0.15) is 37.8 Å². The molecule has 0 aliphatic heterocycles. The second-order valence-corrected chi connectivity index (χ2v) is 6.75. The molecule has 0 heterocycles. The first-order chi connectivity index (χ1) is 15.0.